The first-order chi connectivity index (χ1) is 19.0. The average Bonchev–Trinajstić information content (AvgIpc) is 2.93. The van der Waals surface area contributed by atoms with Crippen LogP contribution in [0.4, 0.5) is 5.69 Å². The van der Waals surface area contributed by atoms with E-state index in [1.165, 1.54) is 4.90 Å². The molecule has 0 heterocycles. The number of sulfonamides is 1. The molecule has 0 saturated heterocycles. The summed E-state index contributed by atoms with van der Waals surface area (Å²) in [6.45, 7) is 7.59. The van der Waals surface area contributed by atoms with Crippen LogP contribution in [-0.2, 0) is 39.0 Å². The molecule has 0 aromatic heterocycles. The van der Waals surface area contributed by atoms with E-state index in [4.69, 9.17) is 0 Å². The molecule has 0 aliphatic rings. The summed E-state index contributed by atoms with van der Waals surface area (Å²) < 4.78 is 27.2. The minimum atomic E-state index is -3.80. The molecular weight excluding hydrogens is 522 g/mol. The van der Waals surface area contributed by atoms with Crippen molar-refractivity contribution in [3.8, 4) is 0 Å². The molecule has 8 heteroatoms. The van der Waals surface area contributed by atoms with Crippen molar-refractivity contribution in [3.63, 3.8) is 0 Å². The quantitative estimate of drug-likeness (QED) is 0.321. The van der Waals surface area contributed by atoms with Gasteiger partial charge in [-0.15, -0.1) is 0 Å². The Bertz CT molecular complexity index is 1390. The van der Waals surface area contributed by atoms with E-state index >= 15 is 0 Å². The second-order valence-electron chi connectivity index (χ2n) is 10.3. The normalized spacial score (nSPS) is 12.8. The number of nitrogens with one attached hydrogen (secondary N) is 1. The van der Waals surface area contributed by atoms with Crippen molar-refractivity contribution in [2.75, 3.05) is 17.1 Å². The number of carbonyl (C=O) groups is 2. The number of benzene rings is 3. The molecule has 2 amide bonds. The Kier molecular flexibility index (Phi) is 10.9. The summed E-state index contributed by atoms with van der Waals surface area (Å²) in [4.78, 5) is 29.5. The number of nitrogens with zero attached hydrogens (tertiary/aromatic N) is 2. The summed E-state index contributed by atoms with van der Waals surface area (Å²) in [7, 11) is -3.80. The Balaban J connectivity index is 2.08. The topological polar surface area (TPSA) is 86.8 Å². The number of hydrogen-bond acceptors (Lipinski definition) is 4. The van der Waals surface area contributed by atoms with Gasteiger partial charge in [-0.1, -0.05) is 92.2 Å². The summed E-state index contributed by atoms with van der Waals surface area (Å²) in [6.07, 6.45) is 2.75. The first-order valence-electron chi connectivity index (χ1n) is 13.8. The maximum absolute atomic E-state index is 14.2. The van der Waals surface area contributed by atoms with E-state index in [1.807, 2.05) is 94.4 Å². The van der Waals surface area contributed by atoms with Crippen LogP contribution in [0.2, 0.25) is 0 Å². The molecule has 2 atom stereocenters. The third kappa shape index (κ3) is 8.42. The maximum Gasteiger partial charge on any atom is 0.244 e. The lowest BCUT2D eigenvalue weighted by Gasteiger charge is -2.34. The van der Waals surface area contributed by atoms with Crippen LogP contribution in [-0.4, -0.2) is 50.0 Å². The summed E-state index contributed by atoms with van der Waals surface area (Å²) in [5, 5.41) is 3.05. The summed E-state index contributed by atoms with van der Waals surface area (Å²) in [5.74, 6) is -0.711. The second-order valence-corrected chi connectivity index (χ2v) is 12.2. The molecule has 0 bridgehead atoms. The smallest absolute Gasteiger partial charge is 0.244 e. The van der Waals surface area contributed by atoms with Gasteiger partial charge in [0, 0.05) is 19.0 Å². The fourth-order valence-electron chi connectivity index (χ4n) is 4.65. The van der Waals surface area contributed by atoms with Gasteiger partial charge in [-0.05, 0) is 49.4 Å². The zero-order valence-corrected chi connectivity index (χ0v) is 24.9. The first kappa shape index (κ1) is 30.9. The second kappa shape index (κ2) is 14.1. The first-order valence-corrected chi connectivity index (χ1v) is 15.6. The highest BCUT2D eigenvalue weighted by Crippen LogP contribution is 2.25. The highest BCUT2D eigenvalue weighted by Gasteiger charge is 2.33. The number of para-hydroxylation sites is 1. The molecule has 0 radical (unpaired) electrons. The van der Waals surface area contributed by atoms with E-state index in [2.05, 4.69) is 5.32 Å². The standard InChI is InChI=1S/C32H41N3O4S/c1-6-25(4)33-32(37)30(21-26-15-9-8-10-16-26)34(22-27-17-13-14-24(3)20-27)31(36)23-35(40(5,38)39)29-19-12-11-18-28(29)7-2/h8-20,25,30H,6-7,21-23H2,1-5H3,(H,33,37)/t25-,30+/m1/s1. The number of aryl methyl sites for hydroxylation is 2. The van der Waals surface area contributed by atoms with Gasteiger partial charge in [0.2, 0.25) is 21.8 Å². The fourth-order valence-corrected chi connectivity index (χ4v) is 5.53. The van der Waals surface area contributed by atoms with Crippen LogP contribution < -0.4 is 9.62 Å². The molecule has 40 heavy (non-hydrogen) atoms. The van der Waals surface area contributed by atoms with Crippen molar-refractivity contribution >= 4 is 27.5 Å². The number of hydrogen-bond donors (Lipinski definition) is 1. The highest BCUT2D eigenvalue weighted by atomic mass is 32.2. The van der Waals surface area contributed by atoms with Gasteiger partial charge in [-0.3, -0.25) is 13.9 Å². The molecule has 0 saturated carbocycles. The molecule has 3 aromatic rings. The van der Waals surface area contributed by atoms with Crippen molar-refractivity contribution in [3.05, 3.63) is 101 Å². The minimum Gasteiger partial charge on any atom is -0.352 e. The van der Waals surface area contributed by atoms with Gasteiger partial charge in [-0.2, -0.15) is 0 Å². The van der Waals surface area contributed by atoms with Crippen molar-refractivity contribution in [1.29, 1.82) is 0 Å². The van der Waals surface area contributed by atoms with Gasteiger partial charge in [-0.25, -0.2) is 8.42 Å². The molecule has 0 unspecified atom stereocenters. The Morgan fingerprint density at radius 3 is 2.17 bits per heavy atom. The minimum absolute atomic E-state index is 0.0781. The van der Waals surface area contributed by atoms with E-state index in [1.54, 1.807) is 12.1 Å². The van der Waals surface area contributed by atoms with Crippen molar-refractivity contribution in [2.45, 2.75) is 65.6 Å². The largest absolute Gasteiger partial charge is 0.352 e. The Labute approximate surface area is 239 Å². The van der Waals surface area contributed by atoms with Crippen LogP contribution in [0.15, 0.2) is 78.9 Å². The van der Waals surface area contributed by atoms with E-state index in [-0.39, 0.29) is 18.5 Å². The number of anilines is 1. The van der Waals surface area contributed by atoms with E-state index in [0.29, 0.717) is 18.5 Å². The number of carbonyl (C=O) groups excluding carboxylic acids is 2. The number of rotatable bonds is 13. The van der Waals surface area contributed by atoms with Crippen LogP contribution in [0, 0.1) is 6.92 Å². The molecular formula is C32H41N3O4S. The Morgan fingerprint density at radius 2 is 1.55 bits per heavy atom. The van der Waals surface area contributed by atoms with Gasteiger partial charge in [0.1, 0.15) is 12.6 Å². The summed E-state index contributed by atoms with van der Waals surface area (Å²) in [6, 6.07) is 23.6. The third-order valence-electron chi connectivity index (χ3n) is 7.03. The molecule has 0 spiro atoms. The maximum atomic E-state index is 14.2. The third-order valence-corrected chi connectivity index (χ3v) is 8.15. The predicted octanol–water partition coefficient (Wildman–Crippen LogP) is 4.88. The number of amides is 2. The van der Waals surface area contributed by atoms with Crippen LogP contribution in [0.1, 0.15) is 49.4 Å². The lowest BCUT2D eigenvalue weighted by molar-refractivity contribution is -0.140. The average molecular weight is 564 g/mol. The molecule has 0 fully saturated rings. The molecule has 0 aliphatic carbocycles. The lowest BCUT2D eigenvalue weighted by Crippen LogP contribution is -2.54. The molecule has 3 rings (SSSR count). The summed E-state index contributed by atoms with van der Waals surface area (Å²) >= 11 is 0. The summed E-state index contributed by atoms with van der Waals surface area (Å²) in [5.41, 5.74) is 4.09. The van der Waals surface area contributed by atoms with E-state index in [9.17, 15) is 18.0 Å². The van der Waals surface area contributed by atoms with Gasteiger partial charge >= 0.3 is 0 Å². The van der Waals surface area contributed by atoms with Crippen LogP contribution in [0.25, 0.3) is 0 Å². The zero-order chi connectivity index (χ0) is 29.3. The van der Waals surface area contributed by atoms with Crippen molar-refractivity contribution in [1.82, 2.24) is 10.2 Å². The Hall–Kier alpha value is -3.65. The van der Waals surface area contributed by atoms with Crippen LogP contribution >= 0.6 is 0 Å². The van der Waals surface area contributed by atoms with Crippen molar-refractivity contribution in [2.24, 2.45) is 0 Å². The van der Waals surface area contributed by atoms with Crippen LogP contribution in [0.5, 0.6) is 0 Å². The SMILES string of the molecule is CCc1ccccc1N(CC(=O)N(Cc1cccc(C)c1)[C@@H](Cc1ccccc1)C(=O)N[C@H](C)CC)S(C)(=O)=O. The van der Waals surface area contributed by atoms with E-state index < -0.39 is 28.5 Å². The fraction of sp³-hybridized carbons (Fsp3) is 0.375. The monoisotopic (exact) mass is 563 g/mol. The molecule has 1 N–H and O–H groups in total. The van der Waals surface area contributed by atoms with Gasteiger partial charge < -0.3 is 10.2 Å². The molecule has 3 aromatic carbocycles. The Morgan fingerprint density at radius 1 is 0.900 bits per heavy atom. The van der Waals surface area contributed by atoms with Crippen molar-refractivity contribution < 1.29 is 18.0 Å². The van der Waals surface area contributed by atoms with Gasteiger partial charge in [0.25, 0.3) is 0 Å². The molecule has 7 nitrogen and oxygen atoms in total. The zero-order valence-electron chi connectivity index (χ0n) is 24.1. The van der Waals surface area contributed by atoms with Gasteiger partial charge in [0.05, 0.1) is 11.9 Å². The highest BCUT2D eigenvalue weighted by molar-refractivity contribution is 7.92. The predicted molar refractivity (Wildman–Crippen MR) is 162 cm³/mol. The van der Waals surface area contributed by atoms with E-state index in [0.717, 1.165) is 39.2 Å². The molecule has 0 aliphatic heterocycles. The van der Waals surface area contributed by atoms with Gasteiger partial charge in [0.15, 0.2) is 0 Å². The molecule has 214 valence electrons. The lowest BCUT2D eigenvalue weighted by atomic mass is 10.0. The van der Waals surface area contributed by atoms with Crippen LogP contribution in [0.3, 0.4) is 0 Å².